The molecule has 1 aliphatic rings. The monoisotopic (exact) mass is 361 g/mol. The Kier molecular flexibility index (Phi) is 5.17. The third-order valence-corrected chi connectivity index (χ3v) is 5.40. The Hall–Kier alpha value is -0.500. The van der Waals surface area contributed by atoms with Crippen LogP contribution in [-0.2, 0) is 10.0 Å². The molecule has 2 atom stereocenters. The zero-order chi connectivity index (χ0) is 14.8. The number of nitrogens with zero attached hydrogens (tertiary/aromatic N) is 2. The van der Waals surface area contributed by atoms with E-state index in [2.05, 4.69) is 20.9 Å². The van der Waals surface area contributed by atoms with Crippen molar-refractivity contribution in [2.45, 2.75) is 25.3 Å². The molecule has 1 aromatic heterocycles. The molecule has 20 heavy (non-hydrogen) atoms. The molecule has 2 unspecified atom stereocenters. The summed E-state index contributed by atoms with van der Waals surface area (Å²) in [6.07, 6.45) is 7.48. The Morgan fingerprint density at radius 1 is 1.55 bits per heavy atom. The standard InChI is InChI=1S/C13H20BrN3O2S/c1-20(18,19)17-4-2-3-10(9-17)5-13(15)11-6-12(14)8-16-7-11/h6-8,10,13H,2-5,9,15H2,1H3. The molecule has 7 heteroatoms. The molecule has 0 bridgehead atoms. The number of hydrogen-bond acceptors (Lipinski definition) is 4. The molecule has 0 saturated carbocycles. The minimum atomic E-state index is -3.09. The van der Waals surface area contributed by atoms with Gasteiger partial charge in [0.25, 0.3) is 0 Å². The molecule has 1 saturated heterocycles. The predicted molar refractivity (Wildman–Crippen MR) is 82.6 cm³/mol. The van der Waals surface area contributed by atoms with Gasteiger partial charge in [0.1, 0.15) is 0 Å². The lowest BCUT2D eigenvalue weighted by molar-refractivity contribution is 0.247. The zero-order valence-corrected chi connectivity index (χ0v) is 13.9. The Balaban J connectivity index is 1.99. The van der Waals surface area contributed by atoms with Crippen LogP contribution >= 0.6 is 15.9 Å². The molecule has 2 rings (SSSR count). The Morgan fingerprint density at radius 2 is 2.30 bits per heavy atom. The lowest BCUT2D eigenvalue weighted by Gasteiger charge is -2.32. The molecule has 0 radical (unpaired) electrons. The van der Waals surface area contributed by atoms with Crippen LogP contribution in [0.3, 0.4) is 0 Å². The second kappa shape index (κ2) is 6.51. The van der Waals surface area contributed by atoms with Gasteiger partial charge in [-0.25, -0.2) is 12.7 Å². The van der Waals surface area contributed by atoms with Crippen LogP contribution in [-0.4, -0.2) is 37.1 Å². The summed E-state index contributed by atoms with van der Waals surface area (Å²) >= 11 is 3.39. The highest BCUT2D eigenvalue weighted by Crippen LogP contribution is 2.27. The van der Waals surface area contributed by atoms with E-state index in [0.29, 0.717) is 19.0 Å². The van der Waals surface area contributed by atoms with E-state index in [1.54, 1.807) is 16.7 Å². The average Bonchev–Trinajstić information content (AvgIpc) is 2.38. The number of piperidine rings is 1. The summed E-state index contributed by atoms with van der Waals surface area (Å²) in [5.74, 6) is 0.312. The molecule has 0 spiro atoms. The van der Waals surface area contributed by atoms with E-state index >= 15 is 0 Å². The van der Waals surface area contributed by atoms with Crippen molar-refractivity contribution >= 4 is 26.0 Å². The largest absolute Gasteiger partial charge is 0.324 e. The van der Waals surface area contributed by atoms with Crippen molar-refractivity contribution in [3.8, 4) is 0 Å². The van der Waals surface area contributed by atoms with Gasteiger partial charge in [-0.15, -0.1) is 0 Å². The van der Waals surface area contributed by atoms with Crippen LogP contribution in [0.25, 0.3) is 0 Å². The van der Waals surface area contributed by atoms with E-state index in [1.807, 2.05) is 6.07 Å². The summed E-state index contributed by atoms with van der Waals surface area (Å²) in [6, 6.07) is 1.86. The maximum atomic E-state index is 11.6. The fourth-order valence-corrected chi connectivity index (χ4v) is 3.97. The van der Waals surface area contributed by atoms with E-state index in [9.17, 15) is 8.42 Å². The molecule has 0 aliphatic carbocycles. The van der Waals surface area contributed by atoms with Gasteiger partial charge in [-0.3, -0.25) is 4.98 Å². The number of halogens is 1. The van der Waals surface area contributed by atoms with E-state index < -0.39 is 10.0 Å². The van der Waals surface area contributed by atoms with Crippen molar-refractivity contribution in [1.82, 2.24) is 9.29 Å². The van der Waals surface area contributed by atoms with Crippen LogP contribution < -0.4 is 5.73 Å². The van der Waals surface area contributed by atoms with Crippen molar-refractivity contribution < 1.29 is 8.42 Å². The van der Waals surface area contributed by atoms with Gasteiger partial charge in [-0.05, 0) is 52.7 Å². The van der Waals surface area contributed by atoms with Gasteiger partial charge in [-0.2, -0.15) is 0 Å². The molecule has 112 valence electrons. The van der Waals surface area contributed by atoms with Crippen molar-refractivity contribution in [2.75, 3.05) is 19.3 Å². The Bertz CT molecular complexity index is 564. The van der Waals surface area contributed by atoms with E-state index in [-0.39, 0.29) is 6.04 Å². The van der Waals surface area contributed by atoms with Crippen LogP contribution in [0.15, 0.2) is 22.9 Å². The number of rotatable bonds is 4. The molecule has 0 aromatic carbocycles. The first-order valence-electron chi connectivity index (χ1n) is 6.67. The quantitative estimate of drug-likeness (QED) is 0.888. The van der Waals surface area contributed by atoms with Crippen molar-refractivity contribution in [1.29, 1.82) is 0 Å². The maximum absolute atomic E-state index is 11.6. The molecule has 1 aromatic rings. The fraction of sp³-hybridized carbons (Fsp3) is 0.615. The normalized spacial score (nSPS) is 22.6. The summed E-state index contributed by atoms with van der Waals surface area (Å²) < 4.78 is 25.7. The Labute approximate surface area is 128 Å². The van der Waals surface area contributed by atoms with Gasteiger partial charge in [0, 0.05) is 36.0 Å². The van der Waals surface area contributed by atoms with Gasteiger partial charge in [-0.1, -0.05) is 0 Å². The third-order valence-electron chi connectivity index (χ3n) is 3.69. The lowest BCUT2D eigenvalue weighted by Crippen LogP contribution is -2.40. The first-order chi connectivity index (χ1) is 9.36. The smallest absolute Gasteiger partial charge is 0.211 e. The molecule has 0 amide bonds. The summed E-state index contributed by atoms with van der Waals surface area (Å²) in [5.41, 5.74) is 7.20. The molecule has 5 nitrogen and oxygen atoms in total. The van der Waals surface area contributed by atoms with E-state index in [1.165, 1.54) is 6.26 Å². The first-order valence-corrected chi connectivity index (χ1v) is 9.31. The van der Waals surface area contributed by atoms with Crippen molar-refractivity contribution in [3.63, 3.8) is 0 Å². The third kappa shape index (κ3) is 4.25. The van der Waals surface area contributed by atoms with Crippen LogP contribution in [0.1, 0.15) is 30.9 Å². The number of aromatic nitrogens is 1. The second-order valence-corrected chi connectivity index (χ2v) is 8.31. The maximum Gasteiger partial charge on any atom is 0.211 e. The van der Waals surface area contributed by atoms with E-state index in [4.69, 9.17) is 5.73 Å². The lowest BCUT2D eigenvalue weighted by atomic mass is 9.90. The van der Waals surface area contributed by atoms with Gasteiger partial charge < -0.3 is 5.73 Å². The van der Waals surface area contributed by atoms with Crippen LogP contribution in [0, 0.1) is 5.92 Å². The van der Waals surface area contributed by atoms with Crippen LogP contribution in [0.4, 0.5) is 0 Å². The van der Waals surface area contributed by atoms with Crippen LogP contribution in [0.2, 0.25) is 0 Å². The van der Waals surface area contributed by atoms with Gasteiger partial charge in [0.2, 0.25) is 10.0 Å². The van der Waals surface area contributed by atoms with Gasteiger partial charge >= 0.3 is 0 Å². The summed E-state index contributed by atoms with van der Waals surface area (Å²) in [6.45, 7) is 1.21. The van der Waals surface area contributed by atoms with Crippen LogP contribution in [0.5, 0.6) is 0 Å². The van der Waals surface area contributed by atoms with Crippen molar-refractivity contribution in [2.24, 2.45) is 11.7 Å². The highest BCUT2D eigenvalue weighted by Gasteiger charge is 2.27. The average molecular weight is 362 g/mol. The SMILES string of the molecule is CS(=O)(=O)N1CCCC(CC(N)c2cncc(Br)c2)C1. The van der Waals surface area contributed by atoms with Gasteiger partial charge in [0.05, 0.1) is 6.26 Å². The number of sulfonamides is 1. The highest BCUT2D eigenvalue weighted by molar-refractivity contribution is 9.10. The number of hydrogen-bond donors (Lipinski definition) is 1. The first kappa shape index (κ1) is 15.9. The predicted octanol–water partition coefficient (Wildman–Crippen LogP) is 1.91. The molecular weight excluding hydrogens is 342 g/mol. The highest BCUT2D eigenvalue weighted by atomic mass is 79.9. The van der Waals surface area contributed by atoms with Gasteiger partial charge in [0.15, 0.2) is 0 Å². The molecular formula is C13H20BrN3O2S. The molecule has 2 heterocycles. The topological polar surface area (TPSA) is 76.3 Å². The van der Waals surface area contributed by atoms with E-state index in [0.717, 1.165) is 29.3 Å². The molecule has 1 fully saturated rings. The minimum absolute atomic E-state index is 0.107. The zero-order valence-electron chi connectivity index (χ0n) is 11.5. The Morgan fingerprint density at radius 3 is 2.95 bits per heavy atom. The summed E-state index contributed by atoms with van der Waals surface area (Å²) in [7, 11) is -3.09. The fourth-order valence-electron chi connectivity index (χ4n) is 2.65. The number of nitrogens with two attached hydrogens (primary N) is 1. The molecule has 1 aliphatic heterocycles. The summed E-state index contributed by atoms with van der Waals surface area (Å²) in [4.78, 5) is 4.12. The van der Waals surface area contributed by atoms with Crippen molar-refractivity contribution in [3.05, 3.63) is 28.5 Å². The minimum Gasteiger partial charge on any atom is -0.324 e. The number of pyridine rings is 1. The molecule has 2 N–H and O–H groups in total. The second-order valence-electron chi connectivity index (χ2n) is 5.41. The summed E-state index contributed by atoms with van der Waals surface area (Å²) in [5, 5.41) is 0.